The Morgan fingerprint density at radius 2 is 1.68 bits per heavy atom. The first-order valence-corrected chi connectivity index (χ1v) is 14.3. The molecule has 3 rings (SSSR count). The average Bonchev–Trinajstić information content (AvgIpc) is 2.81. The first kappa shape index (κ1) is 27.1. The predicted octanol–water partition coefficient (Wildman–Crippen LogP) is 4.89. The standard InChI is InChI=1S/C28H45N3O2S/c1-5-18-31-25(32)24(22-34-27(2,3)4)29-26(33)28(31)16-20-30(21-17-28)19-12-7-6-9-13-23-14-10-8-11-15-23/h8,10-11,14-15,24H,5-7,9,12-13,16-22H2,1-4H3,(H,29,33)/t24-/m0/s1. The first-order chi connectivity index (χ1) is 16.2. The predicted molar refractivity (Wildman–Crippen MR) is 143 cm³/mol. The normalized spacial score (nSPS) is 21.2. The minimum absolute atomic E-state index is 0.0700. The van der Waals surface area contributed by atoms with E-state index in [0.29, 0.717) is 12.3 Å². The SMILES string of the molecule is CCCN1C(=O)[C@H](CSC(C)(C)C)NC(=O)C12CCN(CCCCCCc1ccccc1)CC2. The molecule has 6 heteroatoms. The van der Waals surface area contributed by atoms with Crippen molar-refractivity contribution in [3.05, 3.63) is 35.9 Å². The molecule has 2 heterocycles. The van der Waals surface area contributed by atoms with Gasteiger partial charge in [0.1, 0.15) is 11.6 Å². The Kier molecular flexibility index (Phi) is 9.90. The Hall–Kier alpha value is -1.53. The Bertz CT molecular complexity index is 785. The van der Waals surface area contributed by atoms with Gasteiger partial charge < -0.3 is 15.1 Å². The maximum atomic E-state index is 13.4. The number of carbonyl (C=O) groups excluding carboxylic acids is 2. The fourth-order valence-electron chi connectivity index (χ4n) is 5.18. The Labute approximate surface area is 211 Å². The highest BCUT2D eigenvalue weighted by atomic mass is 32.2. The number of nitrogens with zero attached hydrogens (tertiary/aromatic N) is 2. The van der Waals surface area contributed by atoms with E-state index in [-0.39, 0.29) is 16.6 Å². The summed E-state index contributed by atoms with van der Waals surface area (Å²) in [4.78, 5) is 31.2. The molecule has 5 nitrogen and oxygen atoms in total. The number of amides is 2. The molecule has 1 spiro atoms. The number of nitrogens with one attached hydrogen (secondary N) is 1. The van der Waals surface area contributed by atoms with Crippen molar-refractivity contribution in [2.24, 2.45) is 0 Å². The molecule has 2 aliphatic heterocycles. The van der Waals surface area contributed by atoms with Crippen molar-refractivity contribution in [3.63, 3.8) is 0 Å². The highest BCUT2D eigenvalue weighted by Crippen LogP contribution is 2.34. The molecule has 2 aliphatic rings. The van der Waals surface area contributed by atoms with Gasteiger partial charge in [-0.3, -0.25) is 9.59 Å². The lowest BCUT2D eigenvalue weighted by atomic mass is 9.81. The topological polar surface area (TPSA) is 52.7 Å². The minimum atomic E-state index is -0.651. The van der Waals surface area contributed by atoms with Crippen LogP contribution in [0.2, 0.25) is 0 Å². The summed E-state index contributed by atoms with van der Waals surface area (Å²) in [7, 11) is 0. The number of likely N-dealkylation sites (tertiary alicyclic amines) is 1. The molecule has 0 radical (unpaired) electrons. The second kappa shape index (κ2) is 12.4. The van der Waals surface area contributed by atoms with E-state index >= 15 is 0 Å². The van der Waals surface area contributed by atoms with E-state index in [2.05, 4.69) is 68.2 Å². The lowest BCUT2D eigenvalue weighted by Gasteiger charge is -2.51. The van der Waals surface area contributed by atoms with E-state index in [0.717, 1.165) is 38.9 Å². The van der Waals surface area contributed by atoms with Crippen LogP contribution in [0.1, 0.15) is 78.2 Å². The molecule has 1 N–H and O–H groups in total. The molecular weight excluding hydrogens is 442 g/mol. The van der Waals surface area contributed by atoms with Gasteiger partial charge in [-0.25, -0.2) is 0 Å². The molecular formula is C28H45N3O2S. The highest BCUT2D eigenvalue weighted by Gasteiger charge is 2.53. The van der Waals surface area contributed by atoms with Crippen LogP contribution in [0.5, 0.6) is 0 Å². The summed E-state index contributed by atoms with van der Waals surface area (Å²) in [5.41, 5.74) is 0.780. The van der Waals surface area contributed by atoms with E-state index in [1.807, 2.05) is 4.90 Å². The zero-order valence-electron chi connectivity index (χ0n) is 21.8. The van der Waals surface area contributed by atoms with Gasteiger partial charge in [-0.05, 0) is 50.6 Å². The number of benzene rings is 1. The van der Waals surface area contributed by atoms with Crippen LogP contribution in [0, 0.1) is 0 Å². The summed E-state index contributed by atoms with van der Waals surface area (Å²) < 4.78 is 0.0720. The molecule has 2 fully saturated rings. The monoisotopic (exact) mass is 487 g/mol. The summed E-state index contributed by atoms with van der Waals surface area (Å²) in [6, 6.07) is 10.3. The molecule has 1 aromatic rings. The number of aryl methyl sites for hydroxylation is 1. The van der Waals surface area contributed by atoms with Crippen molar-refractivity contribution in [2.45, 2.75) is 95.4 Å². The molecule has 190 valence electrons. The molecule has 0 aromatic heterocycles. The van der Waals surface area contributed by atoms with Gasteiger partial charge in [0.05, 0.1) is 0 Å². The van der Waals surface area contributed by atoms with Crippen LogP contribution in [0.25, 0.3) is 0 Å². The fraction of sp³-hybridized carbons (Fsp3) is 0.714. The van der Waals surface area contributed by atoms with Gasteiger partial charge in [-0.1, -0.05) is 70.9 Å². The molecule has 34 heavy (non-hydrogen) atoms. The van der Waals surface area contributed by atoms with E-state index < -0.39 is 11.6 Å². The van der Waals surface area contributed by atoms with Gasteiger partial charge >= 0.3 is 0 Å². The summed E-state index contributed by atoms with van der Waals surface area (Å²) in [6.07, 6.45) is 8.51. The number of piperidine rings is 1. The Balaban J connectivity index is 1.45. The van der Waals surface area contributed by atoms with Gasteiger partial charge in [0.2, 0.25) is 11.8 Å². The zero-order valence-corrected chi connectivity index (χ0v) is 22.6. The lowest BCUT2D eigenvalue weighted by Crippen LogP contribution is -2.73. The molecule has 1 atom stereocenters. The third kappa shape index (κ3) is 7.24. The van der Waals surface area contributed by atoms with Crippen molar-refractivity contribution in [3.8, 4) is 0 Å². The number of hydrogen-bond acceptors (Lipinski definition) is 4. The van der Waals surface area contributed by atoms with Crippen molar-refractivity contribution < 1.29 is 9.59 Å². The summed E-state index contributed by atoms with van der Waals surface area (Å²) in [5.74, 6) is 0.825. The maximum Gasteiger partial charge on any atom is 0.246 e. The van der Waals surface area contributed by atoms with Gasteiger partial charge in [0.15, 0.2) is 0 Å². The van der Waals surface area contributed by atoms with Crippen molar-refractivity contribution in [2.75, 3.05) is 31.9 Å². The fourth-order valence-corrected chi connectivity index (χ4v) is 6.07. The average molecular weight is 488 g/mol. The van der Waals surface area contributed by atoms with Crippen molar-refractivity contribution >= 4 is 23.6 Å². The van der Waals surface area contributed by atoms with Gasteiger partial charge in [-0.2, -0.15) is 11.8 Å². The minimum Gasteiger partial charge on any atom is -0.341 e. The third-order valence-electron chi connectivity index (χ3n) is 7.15. The van der Waals surface area contributed by atoms with Crippen LogP contribution in [0.3, 0.4) is 0 Å². The molecule has 0 bridgehead atoms. The van der Waals surface area contributed by atoms with Gasteiger partial charge in [0, 0.05) is 30.1 Å². The van der Waals surface area contributed by atoms with Crippen molar-refractivity contribution in [1.29, 1.82) is 0 Å². The van der Waals surface area contributed by atoms with Crippen LogP contribution < -0.4 is 5.32 Å². The number of rotatable bonds is 11. The Morgan fingerprint density at radius 1 is 1.00 bits per heavy atom. The summed E-state index contributed by atoms with van der Waals surface area (Å²) in [5, 5.41) is 3.11. The number of carbonyl (C=O) groups is 2. The quantitative estimate of drug-likeness (QED) is 0.452. The molecule has 1 aromatic carbocycles. The van der Waals surface area contributed by atoms with E-state index in [9.17, 15) is 9.59 Å². The van der Waals surface area contributed by atoms with Crippen LogP contribution in [0.15, 0.2) is 30.3 Å². The summed E-state index contributed by atoms with van der Waals surface area (Å²) >= 11 is 1.74. The number of unbranched alkanes of at least 4 members (excludes halogenated alkanes) is 3. The largest absolute Gasteiger partial charge is 0.341 e. The van der Waals surface area contributed by atoms with Crippen molar-refractivity contribution in [1.82, 2.24) is 15.1 Å². The van der Waals surface area contributed by atoms with Crippen LogP contribution in [-0.4, -0.2) is 69.9 Å². The lowest BCUT2D eigenvalue weighted by molar-refractivity contribution is -0.160. The van der Waals surface area contributed by atoms with Crippen LogP contribution in [-0.2, 0) is 16.0 Å². The smallest absolute Gasteiger partial charge is 0.246 e. The second-order valence-corrected chi connectivity index (χ2v) is 12.8. The van der Waals surface area contributed by atoms with E-state index in [1.165, 1.54) is 37.7 Å². The Morgan fingerprint density at radius 3 is 2.32 bits per heavy atom. The number of hydrogen-bond donors (Lipinski definition) is 1. The van der Waals surface area contributed by atoms with Crippen LogP contribution in [0.4, 0.5) is 0 Å². The second-order valence-electron chi connectivity index (χ2n) is 11.0. The maximum absolute atomic E-state index is 13.4. The first-order valence-electron chi connectivity index (χ1n) is 13.3. The highest BCUT2D eigenvalue weighted by molar-refractivity contribution is 8.00. The number of piperazine rings is 1. The number of thioether (sulfide) groups is 1. The van der Waals surface area contributed by atoms with E-state index in [1.54, 1.807) is 11.8 Å². The molecule has 2 amide bonds. The molecule has 0 aliphatic carbocycles. The van der Waals surface area contributed by atoms with Gasteiger partial charge in [0.25, 0.3) is 0 Å². The van der Waals surface area contributed by atoms with Gasteiger partial charge in [-0.15, -0.1) is 0 Å². The third-order valence-corrected chi connectivity index (χ3v) is 8.52. The molecule has 2 saturated heterocycles. The molecule has 0 saturated carbocycles. The molecule has 0 unspecified atom stereocenters. The van der Waals surface area contributed by atoms with E-state index in [4.69, 9.17) is 0 Å². The summed E-state index contributed by atoms with van der Waals surface area (Å²) in [6.45, 7) is 12.1. The zero-order chi connectivity index (χ0) is 24.6. The van der Waals surface area contributed by atoms with Crippen LogP contribution >= 0.6 is 11.8 Å².